The summed E-state index contributed by atoms with van der Waals surface area (Å²) < 4.78 is 9.99. The third-order valence-electron chi connectivity index (χ3n) is 7.26. The highest BCUT2D eigenvalue weighted by atomic mass is 35.5. The number of aryl methyl sites for hydroxylation is 1. The molecule has 0 atom stereocenters. The van der Waals surface area contributed by atoms with Crippen molar-refractivity contribution in [1.82, 2.24) is 23.6 Å². The third kappa shape index (κ3) is 5.81. The highest BCUT2D eigenvalue weighted by molar-refractivity contribution is 5.85. The average molecular weight is 554 g/mol. The lowest BCUT2D eigenvalue weighted by molar-refractivity contribution is 0.256. The van der Waals surface area contributed by atoms with Crippen LogP contribution in [0.3, 0.4) is 0 Å². The molecule has 208 valence electrons. The maximum absolute atomic E-state index is 13.1. The van der Waals surface area contributed by atoms with Crippen molar-refractivity contribution >= 4 is 35.2 Å². The zero-order chi connectivity index (χ0) is 26.6. The monoisotopic (exact) mass is 553 g/mol. The van der Waals surface area contributed by atoms with E-state index in [2.05, 4.69) is 32.2 Å². The van der Waals surface area contributed by atoms with Crippen molar-refractivity contribution in [3.8, 4) is 5.75 Å². The summed E-state index contributed by atoms with van der Waals surface area (Å²) in [5.74, 6) is 1.51. The lowest BCUT2D eigenvalue weighted by Gasteiger charge is -2.36. The van der Waals surface area contributed by atoms with Crippen molar-refractivity contribution in [1.29, 1.82) is 0 Å². The van der Waals surface area contributed by atoms with Crippen LogP contribution in [0.4, 0.5) is 11.6 Å². The first-order chi connectivity index (χ1) is 18.5. The normalized spacial score (nSPS) is 13.9. The molecule has 2 aromatic carbocycles. The van der Waals surface area contributed by atoms with Crippen LogP contribution in [0.2, 0.25) is 0 Å². The van der Waals surface area contributed by atoms with Crippen LogP contribution in [0.25, 0.3) is 11.2 Å². The van der Waals surface area contributed by atoms with E-state index in [-0.39, 0.29) is 23.7 Å². The molecule has 0 amide bonds. The van der Waals surface area contributed by atoms with E-state index in [9.17, 15) is 9.59 Å². The van der Waals surface area contributed by atoms with Gasteiger partial charge in [-0.05, 0) is 30.7 Å². The number of para-hydroxylation sites is 2. The zero-order valence-electron chi connectivity index (χ0n) is 22.7. The summed E-state index contributed by atoms with van der Waals surface area (Å²) in [4.78, 5) is 35.1. The minimum atomic E-state index is -0.384. The Balaban J connectivity index is 0.00000353. The molecule has 2 aromatic heterocycles. The molecule has 1 fully saturated rings. The van der Waals surface area contributed by atoms with Gasteiger partial charge in [0.1, 0.15) is 5.75 Å². The molecule has 39 heavy (non-hydrogen) atoms. The van der Waals surface area contributed by atoms with E-state index in [0.29, 0.717) is 30.2 Å². The second-order valence-corrected chi connectivity index (χ2v) is 9.67. The van der Waals surface area contributed by atoms with Gasteiger partial charge in [-0.25, -0.2) is 4.79 Å². The lowest BCUT2D eigenvalue weighted by atomic mass is 10.2. The van der Waals surface area contributed by atoms with Gasteiger partial charge in [0.25, 0.3) is 5.56 Å². The molecule has 0 aliphatic carbocycles. The number of halogens is 1. The van der Waals surface area contributed by atoms with E-state index in [1.54, 1.807) is 14.2 Å². The number of rotatable bonds is 9. The summed E-state index contributed by atoms with van der Waals surface area (Å²) >= 11 is 0. The molecule has 11 heteroatoms. The number of imidazole rings is 1. The minimum absolute atomic E-state index is 0. The number of fused-ring (bicyclic) bond motifs is 1. The summed E-state index contributed by atoms with van der Waals surface area (Å²) in [5, 5.41) is 3.44. The maximum Gasteiger partial charge on any atom is 0.332 e. The van der Waals surface area contributed by atoms with Crippen molar-refractivity contribution in [2.75, 3.05) is 56.6 Å². The number of nitrogens with one attached hydrogen (secondary N) is 1. The molecular formula is C28H36ClN7O3. The number of methoxy groups -OCH3 is 1. The highest BCUT2D eigenvalue weighted by Gasteiger charge is 2.21. The quantitative estimate of drug-likeness (QED) is 0.319. The topological polar surface area (TPSA) is 89.6 Å². The van der Waals surface area contributed by atoms with Gasteiger partial charge >= 0.3 is 5.69 Å². The summed E-state index contributed by atoms with van der Waals surface area (Å²) in [6, 6.07) is 18.1. The Labute approximate surface area is 233 Å². The number of hydrogen-bond donors (Lipinski definition) is 1. The number of hydrogen-bond acceptors (Lipinski definition) is 7. The van der Waals surface area contributed by atoms with Crippen molar-refractivity contribution in [3.05, 3.63) is 81.0 Å². The van der Waals surface area contributed by atoms with Crippen molar-refractivity contribution in [3.63, 3.8) is 0 Å². The van der Waals surface area contributed by atoms with Crippen LogP contribution in [-0.4, -0.2) is 70.0 Å². The summed E-state index contributed by atoms with van der Waals surface area (Å²) in [7, 11) is 4.87. The van der Waals surface area contributed by atoms with Crippen LogP contribution in [0.15, 0.2) is 64.2 Å². The van der Waals surface area contributed by atoms with Crippen molar-refractivity contribution < 1.29 is 4.74 Å². The average Bonchev–Trinajstić information content (AvgIpc) is 3.32. The minimum Gasteiger partial charge on any atom is -0.495 e. The third-order valence-corrected chi connectivity index (χ3v) is 7.26. The molecule has 0 radical (unpaired) electrons. The fourth-order valence-corrected chi connectivity index (χ4v) is 5.11. The van der Waals surface area contributed by atoms with Crippen LogP contribution >= 0.6 is 12.4 Å². The first-order valence-electron chi connectivity index (χ1n) is 13.0. The number of ether oxygens (including phenoxy) is 1. The van der Waals surface area contributed by atoms with Crippen molar-refractivity contribution in [2.24, 2.45) is 14.1 Å². The number of aromatic nitrogens is 4. The Morgan fingerprint density at radius 2 is 1.62 bits per heavy atom. The molecule has 4 aromatic rings. The Morgan fingerprint density at radius 1 is 0.923 bits per heavy atom. The molecule has 3 heterocycles. The number of nitrogens with zero attached hydrogens (tertiary/aromatic N) is 6. The number of benzene rings is 2. The molecule has 5 rings (SSSR count). The fourth-order valence-electron chi connectivity index (χ4n) is 5.11. The zero-order valence-corrected chi connectivity index (χ0v) is 23.5. The molecule has 1 aliphatic rings. The smallest absolute Gasteiger partial charge is 0.332 e. The largest absolute Gasteiger partial charge is 0.495 e. The molecule has 0 spiro atoms. The number of anilines is 2. The summed E-state index contributed by atoms with van der Waals surface area (Å²) in [6.07, 6.45) is 0.931. The standard InChI is InChI=1S/C28H35N7O3.ClH/c1-31-25-24(26(36)32(2)28(31)37)35(20-21-10-5-4-6-11-21)27(30-25)29-14-9-15-33-16-18-34(19-17-33)22-12-7-8-13-23(22)38-3;/h4-8,10-13H,9,14-20H2,1-3H3,(H,29,30);1H. The van der Waals surface area contributed by atoms with E-state index < -0.39 is 0 Å². The van der Waals surface area contributed by atoms with Gasteiger partial charge < -0.3 is 15.0 Å². The lowest BCUT2D eigenvalue weighted by Crippen LogP contribution is -2.47. The number of piperazine rings is 1. The van der Waals surface area contributed by atoms with Crippen LogP contribution in [0.5, 0.6) is 5.75 Å². The predicted octanol–water partition coefficient (Wildman–Crippen LogP) is 2.54. The molecular weight excluding hydrogens is 518 g/mol. The second-order valence-electron chi connectivity index (χ2n) is 9.67. The van der Waals surface area contributed by atoms with Gasteiger partial charge in [-0.15, -0.1) is 12.4 Å². The van der Waals surface area contributed by atoms with E-state index in [1.165, 1.54) is 11.6 Å². The first kappa shape index (κ1) is 28.3. The molecule has 0 unspecified atom stereocenters. The van der Waals surface area contributed by atoms with Gasteiger partial charge in [0, 0.05) is 46.8 Å². The molecule has 1 saturated heterocycles. The Morgan fingerprint density at radius 3 is 2.33 bits per heavy atom. The molecule has 1 N–H and O–H groups in total. The van der Waals surface area contributed by atoms with Gasteiger partial charge in [-0.1, -0.05) is 42.5 Å². The predicted molar refractivity (Wildman–Crippen MR) is 158 cm³/mol. The van der Waals surface area contributed by atoms with E-state index in [0.717, 1.165) is 60.7 Å². The molecule has 10 nitrogen and oxygen atoms in total. The van der Waals surface area contributed by atoms with E-state index in [4.69, 9.17) is 4.74 Å². The Kier molecular flexibility index (Phi) is 8.98. The van der Waals surface area contributed by atoms with Crippen LogP contribution in [0, 0.1) is 0 Å². The Hall–Kier alpha value is -3.76. The molecule has 0 bridgehead atoms. The van der Waals surface area contributed by atoms with Gasteiger partial charge in [-0.3, -0.25) is 23.4 Å². The van der Waals surface area contributed by atoms with Crippen LogP contribution in [-0.2, 0) is 20.6 Å². The summed E-state index contributed by atoms with van der Waals surface area (Å²) in [6.45, 7) is 6.05. The van der Waals surface area contributed by atoms with E-state index >= 15 is 0 Å². The molecule has 0 saturated carbocycles. The molecule has 1 aliphatic heterocycles. The van der Waals surface area contributed by atoms with Gasteiger partial charge in [0.2, 0.25) is 5.95 Å². The van der Waals surface area contributed by atoms with Crippen LogP contribution < -0.4 is 26.2 Å². The summed E-state index contributed by atoms with van der Waals surface area (Å²) in [5.41, 5.74) is 2.29. The van der Waals surface area contributed by atoms with E-state index in [1.807, 2.05) is 47.0 Å². The highest BCUT2D eigenvalue weighted by Crippen LogP contribution is 2.28. The fraction of sp³-hybridized carbons (Fsp3) is 0.393. The van der Waals surface area contributed by atoms with Crippen LogP contribution in [0.1, 0.15) is 12.0 Å². The Bertz CT molecular complexity index is 1520. The SMILES string of the molecule is COc1ccccc1N1CCN(CCCNc2nc3c(c(=O)n(C)c(=O)n3C)n2Cc2ccccc2)CC1.Cl. The van der Waals surface area contributed by atoms with Gasteiger partial charge in [0.05, 0.1) is 19.3 Å². The van der Waals surface area contributed by atoms with Crippen molar-refractivity contribution in [2.45, 2.75) is 13.0 Å². The maximum atomic E-state index is 13.1. The van der Waals surface area contributed by atoms with Gasteiger partial charge in [0.15, 0.2) is 11.2 Å². The second kappa shape index (κ2) is 12.4. The first-order valence-corrected chi connectivity index (χ1v) is 13.0. The van der Waals surface area contributed by atoms with Gasteiger partial charge in [-0.2, -0.15) is 4.98 Å².